The van der Waals surface area contributed by atoms with Gasteiger partial charge in [0.15, 0.2) is 5.96 Å². The van der Waals surface area contributed by atoms with Gasteiger partial charge in [0.2, 0.25) is 0 Å². The molecule has 2 N–H and O–H groups in total. The van der Waals surface area contributed by atoms with Gasteiger partial charge in [-0.1, -0.05) is 6.07 Å². The fourth-order valence-corrected chi connectivity index (χ4v) is 4.94. The number of guanidine groups is 1. The number of thiophene rings is 1. The Labute approximate surface area is 185 Å². The molecule has 0 spiro atoms. The van der Waals surface area contributed by atoms with E-state index in [1.54, 1.807) is 0 Å². The highest BCUT2D eigenvalue weighted by atomic mass is 32.1. The first kappa shape index (κ1) is 22.8. The molecule has 0 bridgehead atoms. The van der Waals surface area contributed by atoms with Crippen molar-refractivity contribution >= 4 is 17.3 Å². The summed E-state index contributed by atoms with van der Waals surface area (Å²) in [6.07, 6.45) is 3.42. The maximum Gasteiger partial charge on any atom is 0.191 e. The van der Waals surface area contributed by atoms with E-state index in [4.69, 9.17) is 4.99 Å². The van der Waals surface area contributed by atoms with E-state index in [1.165, 1.54) is 42.1 Å². The van der Waals surface area contributed by atoms with Gasteiger partial charge in [-0.3, -0.25) is 14.6 Å². The Hall–Kier alpha value is -1.86. The van der Waals surface area contributed by atoms with Gasteiger partial charge in [0.05, 0.1) is 5.69 Å². The van der Waals surface area contributed by atoms with E-state index in [-0.39, 0.29) is 0 Å². The molecule has 1 fully saturated rings. The number of piperidine rings is 1. The molecule has 1 aliphatic rings. The average Bonchev–Trinajstić information content (AvgIpc) is 3.31. The second kappa shape index (κ2) is 11.0. The lowest BCUT2D eigenvalue weighted by molar-refractivity contribution is 0.182. The van der Waals surface area contributed by atoms with Crippen LogP contribution in [-0.2, 0) is 20.0 Å². The Bertz CT molecular complexity index is 802. The summed E-state index contributed by atoms with van der Waals surface area (Å²) in [5.74, 6) is 1.61. The first-order valence-corrected chi connectivity index (χ1v) is 12.1. The third-order valence-electron chi connectivity index (χ3n) is 6.07. The number of hydrogen-bond acceptors (Lipinski definition) is 4. The zero-order valence-corrected chi connectivity index (χ0v) is 20.1. The lowest BCUT2D eigenvalue weighted by atomic mass is 9.97. The molecule has 0 saturated carbocycles. The molecule has 3 heterocycles. The first-order chi connectivity index (χ1) is 14.5. The van der Waals surface area contributed by atoms with Gasteiger partial charge in [-0.15, -0.1) is 11.3 Å². The maximum atomic E-state index is 4.93. The van der Waals surface area contributed by atoms with Gasteiger partial charge in [-0.25, -0.2) is 0 Å². The Morgan fingerprint density at radius 3 is 2.70 bits per heavy atom. The number of hydrogen-bond donors (Lipinski definition) is 2. The van der Waals surface area contributed by atoms with Crippen molar-refractivity contribution in [3.63, 3.8) is 0 Å². The summed E-state index contributed by atoms with van der Waals surface area (Å²) in [6, 6.07) is 4.69. The van der Waals surface area contributed by atoms with Crippen LogP contribution in [0.5, 0.6) is 0 Å². The SMILES string of the molecule is CCNC(=NCC1CCN(Cc2cccs2)CC1)NC(C)Cc1c(C)nn(C)c1C. The predicted octanol–water partition coefficient (Wildman–Crippen LogP) is 3.50. The lowest BCUT2D eigenvalue weighted by Gasteiger charge is -2.31. The van der Waals surface area contributed by atoms with Crippen molar-refractivity contribution in [3.8, 4) is 0 Å². The van der Waals surface area contributed by atoms with Crippen LogP contribution in [0.2, 0.25) is 0 Å². The molecule has 0 aliphatic carbocycles. The lowest BCUT2D eigenvalue weighted by Crippen LogP contribution is -2.43. The van der Waals surface area contributed by atoms with E-state index < -0.39 is 0 Å². The van der Waals surface area contributed by atoms with Crippen molar-refractivity contribution in [3.05, 3.63) is 39.3 Å². The summed E-state index contributed by atoms with van der Waals surface area (Å²) in [5.41, 5.74) is 3.71. The average molecular weight is 431 g/mol. The molecular weight excluding hydrogens is 392 g/mol. The second-order valence-corrected chi connectivity index (χ2v) is 9.57. The third kappa shape index (κ3) is 6.32. The monoisotopic (exact) mass is 430 g/mol. The van der Waals surface area contributed by atoms with Crippen LogP contribution in [0.3, 0.4) is 0 Å². The van der Waals surface area contributed by atoms with Crippen molar-refractivity contribution in [2.45, 2.75) is 59.5 Å². The second-order valence-electron chi connectivity index (χ2n) is 8.54. The summed E-state index contributed by atoms with van der Waals surface area (Å²) in [4.78, 5) is 8.98. The highest BCUT2D eigenvalue weighted by Crippen LogP contribution is 2.21. The molecule has 0 amide bonds. The van der Waals surface area contributed by atoms with Crippen molar-refractivity contribution in [1.82, 2.24) is 25.3 Å². The number of likely N-dealkylation sites (tertiary alicyclic amines) is 1. The van der Waals surface area contributed by atoms with Gasteiger partial charge in [-0.2, -0.15) is 5.10 Å². The number of aliphatic imine (C=N–C) groups is 1. The number of aromatic nitrogens is 2. The van der Waals surface area contributed by atoms with E-state index in [9.17, 15) is 0 Å². The molecule has 1 atom stereocenters. The van der Waals surface area contributed by atoms with Gasteiger partial charge >= 0.3 is 0 Å². The molecule has 1 unspecified atom stereocenters. The van der Waals surface area contributed by atoms with E-state index in [0.29, 0.717) is 12.0 Å². The molecule has 2 aromatic heterocycles. The Morgan fingerprint density at radius 2 is 2.10 bits per heavy atom. The van der Waals surface area contributed by atoms with Gasteiger partial charge in [0.1, 0.15) is 0 Å². The first-order valence-electron chi connectivity index (χ1n) is 11.2. The molecule has 1 saturated heterocycles. The Balaban J connectivity index is 1.48. The number of nitrogens with zero attached hydrogens (tertiary/aromatic N) is 4. The molecule has 2 aromatic rings. The molecule has 1 aliphatic heterocycles. The van der Waals surface area contributed by atoms with Gasteiger partial charge in [0.25, 0.3) is 0 Å². The highest BCUT2D eigenvalue weighted by molar-refractivity contribution is 7.09. The van der Waals surface area contributed by atoms with Gasteiger partial charge in [-0.05, 0) is 83.0 Å². The highest BCUT2D eigenvalue weighted by Gasteiger charge is 2.20. The Morgan fingerprint density at radius 1 is 1.33 bits per heavy atom. The minimum Gasteiger partial charge on any atom is -0.357 e. The van der Waals surface area contributed by atoms with Crippen LogP contribution in [0.25, 0.3) is 0 Å². The minimum atomic E-state index is 0.303. The smallest absolute Gasteiger partial charge is 0.191 e. The molecule has 0 radical (unpaired) electrons. The van der Waals surface area contributed by atoms with Crippen LogP contribution in [-0.4, -0.2) is 52.9 Å². The van der Waals surface area contributed by atoms with Crippen LogP contribution >= 0.6 is 11.3 Å². The fourth-order valence-electron chi connectivity index (χ4n) is 4.19. The Kier molecular flexibility index (Phi) is 8.33. The molecule has 7 heteroatoms. The van der Waals surface area contributed by atoms with Crippen molar-refractivity contribution in [2.75, 3.05) is 26.2 Å². The predicted molar refractivity (Wildman–Crippen MR) is 127 cm³/mol. The molecule has 166 valence electrons. The molecule has 3 rings (SSSR count). The van der Waals surface area contributed by atoms with Crippen LogP contribution in [0.1, 0.15) is 48.5 Å². The summed E-state index contributed by atoms with van der Waals surface area (Å²) in [6.45, 7) is 13.8. The van der Waals surface area contributed by atoms with E-state index in [1.807, 2.05) is 23.1 Å². The zero-order valence-electron chi connectivity index (χ0n) is 19.2. The van der Waals surface area contributed by atoms with E-state index in [0.717, 1.165) is 37.7 Å². The van der Waals surface area contributed by atoms with Crippen LogP contribution in [0.4, 0.5) is 0 Å². The molecule has 6 nitrogen and oxygen atoms in total. The molecule has 30 heavy (non-hydrogen) atoms. The largest absolute Gasteiger partial charge is 0.357 e. The van der Waals surface area contributed by atoms with Gasteiger partial charge < -0.3 is 10.6 Å². The van der Waals surface area contributed by atoms with Crippen molar-refractivity contribution < 1.29 is 0 Å². The summed E-state index contributed by atoms with van der Waals surface area (Å²) >= 11 is 1.86. The third-order valence-corrected chi connectivity index (χ3v) is 6.93. The maximum absolute atomic E-state index is 4.93. The standard InChI is InChI=1S/C23H38N6S/c1-6-24-23(26-17(2)14-22-18(3)27-28(5)19(22)4)25-15-20-9-11-29(12-10-20)16-21-8-7-13-30-21/h7-8,13,17,20H,6,9-12,14-16H2,1-5H3,(H2,24,25,26). The number of rotatable bonds is 8. The molecular formula is C23H38N6S. The van der Waals surface area contributed by atoms with E-state index >= 15 is 0 Å². The van der Waals surface area contributed by atoms with E-state index in [2.05, 4.69) is 65.8 Å². The number of aryl methyl sites for hydroxylation is 2. The minimum absolute atomic E-state index is 0.303. The van der Waals surface area contributed by atoms with Crippen LogP contribution < -0.4 is 10.6 Å². The van der Waals surface area contributed by atoms with Crippen LogP contribution in [0, 0.1) is 19.8 Å². The van der Waals surface area contributed by atoms with Crippen molar-refractivity contribution in [2.24, 2.45) is 18.0 Å². The zero-order chi connectivity index (χ0) is 21.5. The topological polar surface area (TPSA) is 57.5 Å². The van der Waals surface area contributed by atoms with Crippen molar-refractivity contribution in [1.29, 1.82) is 0 Å². The number of nitrogens with one attached hydrogen (secondary N) is 2. The normalized spacial score (nSPS) is 17.3. The fraction of sp³-hybridized carbons (Fsp3) is 0.652. The molecule has 0 aromatic carbocycles. The summed E-state index contributed by atoms with van der Waals surface area (Å²) in [5, 5.41) is 13.7. The quantitative estimate of drug-likeness (QED) is 0.497. The van der Waals surface area contributed by atoms with Gasteiger partial charge in [0, 0.05) is 43.3 Å². The summed E-state index contributed by atoms with van der Waals surface area (Å²) < 4.78 is 1.97. The summed E-state index contributed by atoms with van der Waals surface area (Å²) in [7, 11) is 2.02. The van der Waals surface area contributed by atoms with Crippen LogP contribution in [0.15, 0.2) is 22.5 Å².